The summed E-state index contributed by atoms with van der Waals surface area (Å²) in [6.07, 6.45) is 1.63. The first-order valence-electron chi connectivity index (χ1n) is 6.72. The molecule has 2 atom stereocenters. The van der Waals surface area contributed by atoms with E-state index in [0.29, 0.717) is 12.0 Å². The van der Waals surface area contributed by atoms with Crippen molar-refractivity contribution in [3.05, 3.63) is 41.0 Å². The van der Waals surface area contributed by atoms with Gasteiger partial charge < -0.3 is 20.3 Å². The van der Waals surface area contributed by atoms with Crippen LogP contribution < -0.4 is 10.5 Å². The summed E-state index contributed by atoms with van der Waals surface area (Å²) in [6, 6.07) is 4.14. The van der Waals surface area contributed by atoms with E-state index >= 15 is 0 Å². The van der Waals surface area contributed by atoms with Gasteiger partial charge in [-0.25, -0.2) is 0 Å². The first kappa shape index (κ1) is 17.2. The number of carbonyl (C=O) groups is 1. The molecule has 0 amide bonds. The minimum Gasteiger partial charge on any atom is -0.496 e. The summed E-state index contributed by atoms with van der Waals surface area (Å²) >= 11 is 0. The van der Waals surface area contributed by atoms with Crippen LogP contribution in [0.2, 0.25) is 0 Å². The number of esters is 1. The van der Waals surface area contributed by atoms with Crippen LogP contribution in [0, 0.1) is 0 Å². The molecule has 0 bridgehead atoms. The summed E-state index contributed by atoms with van der Waals surface area (Å²) in [6.45, 7) is 4.02. The van der Waals surface area contributed by atoms with Crippen molar-refractivity contribution in [2.24, 2.45) is 5.73 Å². The van der Waals surface area contributed by atoms with Gasteiger partial charge in [0.1, 0.15) is 17.9 Å². The Balaban J connectivity index is 3.06. The van der Waals surface area contributed by atoms with Gasteiger partial charge in [0.2, 0.25) is 0 Å². The summed E-state index contributed by atoms with van der Waals surface area (Å²) < 4.78 is 9.86. The van der Waals surface area contributed by atoms with Crippen molar-refractivity contribution in [3.8, 4) is 5.75 Å². The molecule has 5 nitrogen and oxygen atoms in total. The molecule has 0 aliphatic carbocycles. The number of aliphatic hydroxyl groups is 1. The van der Waals surface area contributed by atoms with Gasteiger partial charge in [-0.3, -0.25) is 4.79 Å². The molecule has 1 aromatic carbocycles. The standard InChI is InChI=1S/C16H23NO4/c1-10(2)5-6-11-9-12(7-8-13(11)20-3)15(18)14(17)16(19)21-4/h5,7-9,14-15,18H,6,17H2,1-4H3/t14-,15-/m0/s1. The van der Waals surface area contributed by atoms with Crippen LogP contribution >= 0.6 is 0 Å². The number of aliphatic hydroxyl groups excluding tert-OH is 1. The van der Waals surface area contributed by atoms with Crippen molar-refractivity contribution in [2.75, 3.05) is 14.2 Å². The van der Waals surface area contributed by atoms with E-state index in [0.717, 1.165) is 11.3 Å². The van der Waals surface area contributed by atoms with E-state index in [2.05, 4.69) is 10.8 Å². The predicted molar refractivity (Wildman–Crippen MR) is 81.1 cm³/mol. The van der Waals surface area contributed by atoms with Gasteiger partial charge in [-0.05, 0) is 43.5 Å². The number of hydrogen-bond acceptors (Lipinski definition) is 5. The fraction of sp³-hybridized carbons (Fsp3) is 0.438. The summed E-state index contributed by atoms with van der Waals surface area (Å²) in [7, 11) is 2.83. The maximum Gasteiger partial charge on any atom is 0.325 e. The molecule has 0 aliphatic rings. The van der Waals surface area contributed by atoms with Crippen LogP contribution in [0.25, 0.3) is 0 Å². The maximum absolute atomic E-state index is 11.4. The van der Waals surface area contributed by atoms with Gasteiger partial charge in [-0.2, -0.15) is 0 Å². The lowest BCUT2D eigenvalue weighted by molar-refractivity contribution is -0.145. The molecule has 0 radical (unpaired) electrons. The van der Waals surface area contributed by atoms with E-state index < -0.39 is 18.1 Å². The van der Waals surface area contributed by atoms with Crippen molar-refractivity contribution >= 4 is 5.97 Å². The van der Waals surface area contributed by atoms with Gasteiger partial charge in [0.25, 0.3) is 0 Å². The fourth-order valence-corrected chi connectivity index (χ4v) is 1.93. The summed E-state index contributed by atoms with van der Waals surface area (Å²) in [4.78, 5) is 11.4. The lowest BCUT2D eigenvalue weighted by Crippen LogP contribution is -2.37. The highest BCUT2D eigenvalue weighted by Gasteiger charge is 2.25. The van der Waals surface area contributed by atoms with E-state index in [9.17, 15) is 9.90 Å². The Hall–Kier alpha value is -1.85. The van der Waals surface area contributed by atoms with Crippen molar-refractivity contribution in [1.29, 1.82) is 0 Å². The van der Waals surface area contributed by atoms with Gasteiger partial charge in [-0.1, -0.05) is 17.7 Å². The van der Waals surface area contributed by atoms with Crippen LogP contribution in [0.4, 0.5) is 0 Å². The van der Waals surface area contributed by atoms with Crippen LogP contribution in [-0.4, -0.2) is 31.3 Å². The monoisotopic (exact) mass is 293 g/mol. The molecule has 0 saturated carbocycles. The van der Waals surface area contributed by atoms with Crippen molar-refractivity contribution in [1.82, 2.24) is 0 Å². The van der Waals surface area contributed by atoms with Gasteiger partial charge >= 0.3 is 5.97 Å². The molecule has 0 aliphatic heterocycles. The molecule has 1 rings (SSSR count). The Kier molecular flexibility index (Phi) is 6.39. The lowest BCUT2D eigenvalue weighted by Gasteiger charge is -2.18. The average Bonchev–Trinajstić information content (AvgIpc) is 2.50. The van der Waals surface area contributed by atoms with Gasteiger partial charge in [0.05, 0.1) is 14.2 Å². The molecule has 0 saturated heterocycles. The molecule has 21 heavy (non-hydrogen) atoms. The number of methoxy groups -OCH3 is 2. The summed E-state index contributed by atoms with van der Waals surface area (Å²) in [5.41, 5.74) is 8.35. The van der Waals surface area contributed by atoms with E-state index in [1.807, 2.05) is 13.8 Å². The predicted octanol–water partition coefficient (Wildman–Crippen LogP) is 1.74. The van der Waals surface area contributed by atoms with Crippen LogP contribution in [0.3, 0.4) is 0 Å². The smallest absolute Gasteiger partial charge is 0.325 e. The van der Waals surface area contributed by atoms with Gasteiger partial charge in [0, 0.05) is 0 Å². The van der Waals surface area contributed by atoms with Crippen molar-refractivity contribution in [2.45, 2.75) is 32.4 Å². The molecular weight excluding hydrogens is 270 g/mol. The van der Waals surface area contributed by atoms with E-state index in [-0.39, 0.29) is 0 Å². The van der Waals surface area contributed by atoms with Crippen molar-refractivity contribution in [3.63, 3.8) is 0 Å². The molecular formula is C16H23NO4. The highest BCUT2D eigenvalue weighted by molar-refractivity contribution is 5.76. The number of rotatable bonds is 6. The number of carbonyl (C=O) groups excluding carboxylic acids is 1. The lowest BCUT2D eigenvalue weighted by atomic mass is 9.98. The van der Waals surface area contributed by atoms with Crippen LogP contribution in [-0.2, 0) is 16.0 Å². The second-order valence-corrected chi connectivity index (χ2v) is 5.05. The topological polar surface area (TPSA) is 81.8 Å². The minimum atomic E-state index is -1.12. The zero-order valence-electron chi connectivity index (χ0n) is 12.9. The zero-order chi connectivity index (χ0) is 16.0. The third kappa shape index (κ3) is 4.58. The first-order valence-corrected chi connectivity index (χ1v) is 6.72. The molecule has 0 heterocycles. The Labute approximate surface area is 125 Å². The molecule has 5 heteroatoms. The van der Waals surface area contributed by atoms with E-state index in [1.54, 1.807) is 25.3 Å². The molecule has 0 aromatic heterocycles. The zero-order valence-corrected chi connectivity index (χ0v) is 12.9. The Morgan fingerprint density at radius 1 is 1.38 bits per heavy atom. The second kappa shape index (κ2) is 7.81. The van der Waals surface area contributed by atoms with Gasteiger partial charge in [0.15, 0.2) is 0 Å². The molecule has 3 N–H and O–H groups in total. The number of nitrogens with two attached hydrogens (primary N) is 1. The number of allylic oxidation sites excluding steroid dienone is 2. The van der Waals surface area contributed by atoms with Gasteiger partial charge in [-0.15, -0.1) is 0 Å². The third-order valence-electron chi connectivity index (χ3n) is 3.19. The minimum absolute atomic E-state index is 0.561. The molecule has 0 fully saturated rings. The first-order chi connectivity index (χ1) is 9.90. The van der Waals surface area contributed by atoms with Crippen LogP contribution in [0.1, 0.15) is 31.1 Å². The number of ether oxygens (including phenoxy) is 2. The highest BCUT2D eigenvalue weighted by atomic mass is 16.5. The van der Waals surface area contributed by atoms with Crippen LogP contribution in [0.5, 0.6) is 5.75 Å². The van der Waals surface area contributed by atoms with Crippen LogP contribution in [0.15, 0.2) is 29.8 Å². The molecule has 1 aromatic rings. The largest absolute Gasteiger partial charge is 0.496 e. The second-order valence-electron chi connectivity index (χ2n) is 5.05. The number of benzene rings is 1. The quantitative estimate of drug-likeness (QED) is 0.616. The normalized spacial score (nSPS) is 13.2. The average molecular weight is 293 g/mol. The Bertz CT molecular complexity index is 521. The summed E-state index contributed by atoms with van der Waals surface area (Å²) in [5, 5.41) is 10.2. The third-order valence-corrected chi connectivity index (χ3v) is 3.19. The fourth-order valence-electron chi connectivity index (χ4n) is 1.93. The van der Waals surface area contributed by atoms with E-state index in [1.165, 1.54) is 12.7 Å². The van der Waals surface area contributed by atoms with Crippen molar-refractivity contribution < 1.29 is 19.4 Å². The maximum atomic E-state index is 11.4. The Morgan fingerprint density at radius 2 is 2.05 bits per heavy atom. The Morgan fingerprint density at radius 3 is 2.57 bits per heavy atom. The molecule has 116 valence electrons. The number of hydrogen-bond donors (Lipinski definition) is 2. The highest BCUT2D eigenvalue weighted by Crippen LogP contribution is 2.25. The summed E-state index contributed by atoms with van der Waals surface area (Å²) in [5.74, 6) is 0.0826. The molecule has 0 spiro atoms. The van der Waals surface area contributed by atoms with E-state index in [4.69, 9.17) is 10.5 Å². The molecule has 0 unspecified atom stereocenters. The SMILES string of the molecule is COC(=O)[C@@H](N)[C@@H](O)c1ccc(OC)c(CC=C(C)C)c1.